The lowest BCUT2D eigenvalue weighted by molar-refractivity contribution is 0.609. The monoisotopic (exact) mass is 262 g/mol. The molecule has 0 atom stereocenters. The molecular formula is C15H16F2N2. The number of rotatable bonds is 4. The number of nitrogens with two attached hydrogens (primary N) is 1. The summed E-state index contributed by atoms with van der Waals surface area (Å²) in [5.74, 6) is -0.564. The zero-order valence-corrected chi connectivity index (χ0v) is 10.7. The molecule has 0 aliphatic heterocycles. The van der Waals surface area contributed by atoms with E-state index in [1.165, 1.54) is 18.2 Å². The van der Waals surface area contributed by atoms with Gasteiger partial charge in [0.05, 0.1) is 0 Å². The molecule has 0 heterocycles. The summed E-state index contributed by atoms with van der Waals surface area (Å²) in [6.07, 6.45) is 0. The third kappa shape index (κ3) is 3.09. The molecule has 2 N–H and O–H groups in total. The highest BCUT2D eigenvalue weighted by Gasteiger charge is 2.10. The van der Waals surface area contributed by atoms with Gasteiger partial charge in [0.25, 0.3) is 0 Å². The van der Waals surface area contributed by atoms with Crippen LogP contribution >= 0.6 is 0 Å². The van der Waals surface area contributed by atoms with Crippen LogP contribution in [0.25, 0.3) is 0 Å². The van der Waals surface area contributed by atoms with Gasteiger partial charge in [-0.05, 0) is 29.8 Å². The number of anilines is 1. The lowest BCUT2D eigenvalue weighted by Gasteiger charge is -2.22. The summed E-state index contributed by atoms with van der Waals surface area (Å²) in [6.45, 7) is 0.715. The number of hydrogen-bond donors (Lipinski definition) is 1. The standard InChI is InChI=1S/C15H16F2N2/c1-19(10-11-5-7-12(16)8-6-11)15-4-2-3-14(17)13(15)9-18/h2-8H,9-10,18H2,1H3. The van der Waals surface area contributed by atoms with E-state index in [-0.39, 0.29) is 18.2 Å². The molecule has 0 amide bonds. The molecule has 0 radical (unpaired) electrons. The number of nitrogens with zero attached hydrogens (tertiary/aromatic N) is 1. The smallest absolute Gasteiger partial charge is 0.129 e. The van der Waals surface area contributed by atoms with E-state index in [1.54, 1.807) is 18.2 Å². The van der Waals surface area contributed by atoms with Crippen LogP contribution < -0.4 is 10.6 Å². The second kappa shape index (κ2) is 5.80. The molecule has 0 aliphatic rings. The molecule has 0 unspecified atom stereocenters. The van der Waals surface area contributed by atoms with Gasteiger partial charge in [-0.3, -0.25) is 0 Å². The summed E-state index contributed by atoms with van der Waals surface area (Å²) in [7, 11) is 1.86. The molecule has 0 aliphatic carbocycles. The predicted molar refractivity (Wildman–Crippen MR) is 72.8 cm³/mol. The van der Waals surface area contributed by atoms with E-state index in [4.69, 9.17) is 5.73 Å². The molecular weight excluding hydrogens is 246 g/mol. The van der Waals surface area contributed by atoms with Gasteiger partial charge >= 0.3 is 0 Å². The van der Waals surface area contributed by atoms with E-state index in [2.05, 4.69) is 0 Å². The normalized spacial score (nSPS) is 10.5. The van der Waals surface area contributed by atoms with E-state index in [9.17, 15) is 8.78 Å². The predicted octanol–water partition coefficient (Wildman–Crippen LogP) is 3.06. The Morgan fingerprint density at radius 1 is 1.05 bits per heavy atom. The van der Waals surface area contributed by atoms with Crippen LogP contribution in [0.15, 0.2) is 42.5 Å². The highest BCUT2D eigenvalue weighted by Crippen LogP contribution is 2.23. The summed E-state index contributed by atoms with van der Waals surface area (Å²) in [6, 6.07) is 11.1. The minimum Gasteiger partial charge on any atom is -0.370 e. The third-order valence-corrected chi connectivity index (χ3v) is 3.04. The van der Waals surface area contributed by atoms with Gasteiger partial charge in [-0.2, -0.15) is 0 Å². The van der Waals surface area contributed by atoms with Gasteiger partial charge in [0, 0.05) is 31.4 Å². The zero-order chi connectivity index (χ0) is 13.8. The average molecular weight is 262 g/mol. The first-order valence-electron chi connectivity index (χ1n) is 6.05. The van der Waals surface area contributed by atoms with Crippen molar-refractivity contribution in [3.8, 4) is 0 Å². The zero-order valence-electron chi connectivity index (χ0n) is 10.7. The Morgan fingerprint density at radius 2 is 1.74 bits per heavy atom. The maximum atomic E-state index is 13.6. The van der Waals surface area contributed by atoms with Crippen LogP contribution in [0.2, 0.25) is 0 Å². The molecule has 100 valence electrons. The average Bonchev–Trinajstić information content (AvgIpc) is 2.41. The molecule has 0 saturated heterocycles. The number of hydrogen-bond acceptors (Lipinski definition) is 2. The lowest BCUT2D eigenvalue weighted by Crippen LogP contribution is -2.19. The van der Waals surface area contributed by atoms with Gasteiger partial charge in [0.2, 0.25) is 0 Å². The SMILES string of the molecule is CN(Cc1ccc(F)cc1)c1cccc(F)c1CN. The Labute approximate surface area is 111 Å². The van der Waals surface area contributed by atoms with Gasteiger partial charge in [0.15, 0.2) is 0 Å². The first-order valence-corrected chi connectivity index (χ1v) is 6.05. The van der Waals surface area contributed by atoms with Crippen LogP contribution in [0, 0.1) is 11.6 Å². The fourth-order valence-electron chi connectivity index (χ4n) is 2.06. The molecule has 19 heavy (non-hydrogen) atoms. The first kappa shape index (κ1) is 13.5. The van der Waals surface area contributed by atoms with Crippen molar-refractivity contribution in [1.82, 2.24) is 0 Å². The van der Waals surface area contributed by atoms with Gasteiger partial charge in [-0.15, -0.1) is 0 Å². The van der Waals surface area contributed by atoms with Crippen LogP contribution in [-0.2, 0) is 13.1 Å². The van der Waals surface area contributed by atoms with E-state index < -0.39 is 0 Å². The summed E-state index contributed by atoms with van der Waals surface area (Å²) >= 11 is 0. The first-order chi connectivity index (χ1) is 9.11. The summed E-state index contributed by atoms with van der Waals surface area (Å²) in [5, 5.41) is 0. The summed E-state index contributed by atoms with van der Waals surface area (Å²) < 4.78 is 26.5. The van der Waals surface area contributed by atoms with Crippen molar-refractivity contribution in [2.24, 2.45) is 5.73 Å². The van der Waals surface area contributed by atoms with Gasteiger partial charge < -0.3 is 10.6 Å². The molecule has 0 bridgehead atoms. The van der Waals surface area contributed by atoms with Crippen molar-refractivity contribution < 1.29 is 8.78 Å². The van der Waals surface area contributed by atoms with E-state index in [0.29, 0.717) is 12.1 Å². The molecule has 0 saturated carbocycles. The second-order valence-electron chi connectivity index (χ2n) is 4.42. The maximum absolute atomic E-state index is 13.6. The molecule has 2 nitrogen and oxygen atoms in total. The lowest BCUT2D eigenvalue weighted by atomic mass is 10.1. The maximum Gasteiger partial charge on any atom is 0.129 e. The van der Waals surface area contributed by atoms with Gasteiger partial charge in [-0.25, -0.2) is 8.78 Å². The van der Waals surface area contributed by atoms with Crippen molar-refractivity contribution in [3.63, 3.8) is 0 Å². The van der Waals surface area contributed by atoms with Crippen LogP contribution in [0.3, 0.4) is 0 Å². The van der Waals surface area contributed by atoms with Crippen LogP contribution in [0.4, 0.5) is 14.5 Å². The van der Waals surface area contributed by atoms with Crippen molar-refractivity contribution in [2.45, 2.75) is 13.1 Å². The molecule has 2 rings (SSSR count). The van der Waals surface area contributed by atoms with Gasteiger partial charge in [0.1, 0.15) is 11.6 Å². The Kier molecular flexibility index (Phi) is 4.12. The quantitative estimate of drug-likeness (QED) is 0.917. The molecule has 0 spiro atoms. The minimum atomic E-state index is -0.300. The molecule has 4 heteroatoms. The largest absolute Gasteiger partial charge is 0.370 e. The number of halogens is 2. The van der Waals surface area contributed by atoms with E-state index in [1.807, 2.05) is 18.0 Å². The Hall–Kier alpha value is -1.94. The van der Waals surface area contributed by atoms with Crippen molar-refractivity contribution in [2.75, 3.05) is 11.9 Å². The third-order valence-electron chi connectivity index (χ3n) is 3.04. The van der Waals surface area contributed by atoms with Crippen LogP contribution in [-0.4, -0.2) is 7.05 Å². The van der Waals surface area contributed by atoms with Gasteiger partial charge in [-0.1, -0.05) is 18.2 Å². The molecule has 0 aromatic heterocycles. The molecule has 2 aromatic carbocycles. The van der Waals surface area contributed by atoms with Crippen molar-refractivity contribution >= 4 is 5.69 Å². The minimum absolute atomic E-state index is 0.149. The van der Waals surface area contributed by atoms with E-state index in [0.717, 1.165) is 11.3 Å². The van der Waals surface area contributed by atoms with Crippen molar-refractivity contribution in [3.05, 3.63) is 65.2 Å². The summed E-state index contributed by atoms with van der Waals surface area (Å²) in [5.41, 5.74) is 7.79. The van der Waals surface area contributed by atoms with Crippen LogP contribution in [0.5, 0.6) is 0 Å². The molecule has 2 aromatic rings. The van der Waals surface area contributed by atoms with E-state index >= 15 is 0 Å². The Bertz CT molecular complexity index is 553. The summed E-state index contributed by atoms with van der Waals surface area (Å²) in [4.78, 5) is 1.90. The fraction of sp³-hybridized carbons (Fsp3) is 0.200. The topological polar surface area (TPSA) is 29.3 Å². The van der Waals surface area contributed by atoms with Crippen molar-refractivity contribution in [1.29, 1.82) is 0 Å². The second-order valence-corrected chi connectivity index (χ2v) is 4.42. The van der Waals surface area contributed by atoms with Crippen LogP contribution in [0.1, 0.15) is 11.1 Å². The fourth-order valence-corrected chi connectivity index (χ4v) is 2.06. The highest BCUT2D eigenvalue weighted by atomic mass is 19.1. The molecule has 0 fully saturated rings. The number of benzene rings is 2. The highest BCUT2D eigenvalue weighted by molar-refractivity contribution is 5.54. The Morgan fingerprint density at radius 3 is 2.37 bits per heavy atom. The Balaban J connectivity index is 2.22.